The molecule has 172 valence electrons. The number of pyridine rings is 1. The van der Waals surface area contributed by atoms with E-state index in [0.29, 0.717) is 30.1 Å². The Balaban J connectivity index is 1.63. The molecule has 3 aromatic rings. The molecular formula is C25H30N6O2. The van der Waals surface area contributed by atoms with Crippen LogP contribution in [0.2, 0.25) is 0 Å². The van der Waals surface area contributed by atoms with Crippen LogP contribution in [0.1, 0.15) is 34.6 Å². The van der Waals surface area contributed by atoms with Crippen molar-refractivity contribution in [3.63, 3.8) is 0 Å². The molecule has 1 amide bonds. The van der Waals surface area contributed by atoms with Gasteiger partial charge in [0.15, 0.2) is 0 Å². The summed E-state index contributed by atoms with van der Waals surface area (Å²) in [7, 11) is 1.63. The summed E-state index contributed by atoms with van der Waals surface area (Å²) in [6.45, 7) is 4.09. The third kappa shape index (κ3) is 5.06. The third-order valence-corrected chi connectivity index (χ3v) is 6.03. The van der Waals surface area contributed by atoms with Crippen LogP contribution in [0.25, 0.3) is 16.6 Å². The third-order valence-electron chi connectivity index (χ3n) is 6.03. The van der Waals surface area contributed by atoms with Crippen LogP contribution in [-0.2, 0) is 13.1 Å². The molecule has 1 aliphatic rings. The summed E-state index contributed by atoms with van der Waals surface area (Å²) in [5.41, 5.74) is 9.08. The van der Waals surface area contributed by atoms with Crippen molar-refractivity contribution < 1.29 is 9.53 Å². The monoisotopic (exact) mass is 446 g/mol. The normalized spacial score (nSPS) is 14.5. The van der Waals surface area contributed by atoms with Gasteiger partial charge < -0.3 is 30.7 Å². The number of aromatic nitrogens is 2. The minimum atomic E-state index is -0.152. The summed E-state index contributed by atoms with van der Waals surface area (Å²) >= 11 is 0. The fourth-order valence-corrected chi connectivity index (χ4v) is 4.21. The van der Waals surface area contributed by atoms with Crippen molar-refractivity contribution in [1.29, 1.82) is 5.41 Å². The van der Waals surface area contributed by atoms with Crippen LogP contribution in [-0.4, -0.2) is 53.3 Å². The lowest BCUT2D eigenvalue weighted by molar-refractivity contribution is 0.0941. The van der Waals surface area contributed by atoms with E-state index in [0.717, 1.165) is 42.0 Å². The number of methoxy groups -OCH3 is 1. The van der Waals surface area contributed by atoms with Crippen molar-refractivity contribution in [1.82, 2.24) is 19.8 Å². The number of benzene rings is 1. The number of hydrogen-bond acceptors (Lipinski definition) is 6. The Morgan fingerprint density at radius 1 is 1.21 bits per heavy atom. The molecule has 1 fully saturated rings. The van der Waals surface area contributed by atoms with Gasteiger partial charge in [-0.3, -0.25) is 4.79 Å². The second-order valence-corrected chi connectivity index (χ2v) is 8.14. The van der Waals surface area contributed by atoms with Gasteiger partial charge in [0, 0.05) is 43.0 Å². The number of carbonyl (C=O) groups is 1. The van der Waals surface area contributed by atoms with E-state index in [1.165, 1.54) is 25.3 Å². The Bertz CT molecular complexity index is 1180. The smallest absolute Gasteiger partial charge is 0.268 e. The second kappa shape index (κ2) is 10.3. The first-order valence-corrected chi connectivity index (χ1v) is 11.2. The predicted molar refractivity (Wildman–Crippen MR) is 131 cm³/mol. The minimum absolute atomic E-state index is 0.152. The average Bonchev–Trinajstić information content (AvgIpc) is 3.50. The molecule has 0 saturated carbocycles. The zero-order valence-electron chi connectivity index (χ0n) is 18.9. The molecule has 8 nitrogen and oxygen atoms in total. The first kappa shape index (κ1) is 22.5. The van der Waals surface area contributed by atoms with Crippen LogP contribution in [0.15, 0.2) is 48.7 Å². The highest BCUT2D eigenvalue weighted by Crippen LogP contribution is 2.22. The fourth-order valence-electron chi connectivity index (χ4n) is 4.21. The highest BCUT2D eigenvalue weighted by molar-refractivity contribution is 6.08. The molecule has 3 heterocycles. The summed E-state index contributed by atoms with van der Waals surface area (Å²) < 4.78 is 7.26. The van der Waals surface area contributed by atoms with Crippen LogP contribution in [0, 0.1) is 5.41 Å². The molecular weight excluding hydrogens is 416 g/mol. The van der Waals surface area contributed by atoms with Gasteiger partial charge in [-0.1, -0.05) is 12.1 Å². The Morgan fingerprint density at radius 2 is 2.03 bits per heavy atom. The van der Waals surface area contributed by atoms with E-state index in [1.807, 2.05) is 47.0 Å². The molecule has 4 rings (SSSR count). The Labute approximate surface area is 193 Å². The molecule has 33 heavy (non-hydrogen) atoms. The average molecular weight is 447 g/mol. The van der Waals surface area contributed by atoms with Crippen molar-refractivity contribution in [3.8, 4) is 5.75 Å². The lowest BCUT2D eigenvalue weighted by Gasteiger charge is -2.17. The van der Waals surface area contributed by atoms with E-state index in [1.54, 1.807) is 7.11 Å². The van der Waals surface area contributed by atoms with Crippen molar-refractivity contribution in [2.75, 3.05) is 26.7 Å². The van der Waals surface area contributed by atoms with Gasteiger partial charge in [0.2, 0.25) is 0 Å². The Morgan fingerprint density at radius 3 is 2.76 bits per heavy atom. The number of nitrogens with two attached hydrogens (primary N) is 1. The summed E-state index contributed by atoms with van der Waals surface area (Å²) in [6.07, 6.45) is 4.99. The summed E-state index contributed by atoms with van der Waals surface area (Å²) in [4.78, 5) is 20.4. The van der Waals surface area contributed by atoms with Gasteiger partial charge in [-0.15, -0.1) is 0 Å². The first-order valence-electron chi connectivity index (χ1n) is 11.2. The highest BCUT2D eigenvalue weighted by atomic mass is 16.5. The lowest BCUT2D eigenvalue weighted by atomic mass is 10.2. The zero-order valence-corrected chi connectivity index (χ0v) is 18.9. The van der Waals surface area contributed by atoms with Gasteiger partial charge in [-0.05, 0) is 61.8 Å². The topological polar surface area (TPSA) is 109 Å². The lowest BCUT2D eigenvalue weighted by Crippen LogP contribution is -2.29. The molecule has 1 aliphatic heterocycles. The molecule has 0 spiro atoms. The van der Waals surface area contributed by atoms with E-state index in [4.69, 9.17) is 20.9 Å². The molecule has 0 bridgehead atoms. The largest absolute Gasteiger partial charge is 0.497 e. The van der Waals surface area contributed by atoms with E-state index in [2.05, 4.69) is 10.2 Å². The van der Waals surface area contributed by atoms with Gasteiger partial charge in [0.25, 0.3) is 5.91 Å². The number of allylic oxidation sites excluding steroid dienone is 1. The van der Waals surface area contributed by atoms with Crippen molar-refractivity contribution in [2.45, 2.75) is 25.9 Å². The number of fused-ring (bicyclic) bond motifs is 1. The van der Waals surface area contributed by atoms with Crippen molar-refractivity contribution >= 4 is 28.7 Å². The number of carbonyl (C=O) groups excluding carboxylic acids is 1. The second-order valence-electron chi connectivity index (χ2n) is 8.14. The molecule has 0 unspecified atom stereocenters. The first-order chi connectivity index (χ1) is 16.1. The number of rotatable bonds is 9. The van der Waals surface area contributed by atoms with Crippen LogP contribution in [0.4, 0.5) is 0 Å². The van der Waals surface area contributed by atoms with Crippen LogP contribution in [0.5, 0.6) is 5.75 Å². The number of hydrogen-bond donors (Lipinski definition) is 3. The van der Waals surface area contributed by atoms with Gasteiger partial charge >= 0.3 is 0 Å². The van der Waals surface area contributed by atoms with Crippen molar-refractivity contribution in [3.05, 3.63) is 65.6 Å². The van der Waals surface area contributed by atoms with E-state index in [-0.39, 0.29) is 5.91 Å². The summed E-state index contributed by atoms with van der Waals surface area (Å²) in [5.74, 6) is 0.605. The van der Waals surface area contributed by atoms with Crippen LogP contribution in [0.3, 0.4) is 0 Å². The van der Waals surface area contributed by atoms with E-state index in [9.17, 15) is 4.79 Å². The number of nitrogens with one attached hydrogen (secondary N) is 2. The number of likely N-dealkylation sites (tertiary alicyclic amines) is 1. The molecule has 0 aliphatic carbocycles. The quantitative estimate of drug-likeness (QED) is 0.438. The maximum Gasteiger partial charge on any atom is 0.268 e. The fraction of sp³-hybridized carbons (Fsp3) is 0.320. The van der Waals surface area contributed by atoms with Gasteiger partial charge in [-0.25, -0.2) is 4.98 Å². The maximum absolute atomic E-state index is 13.2. The molecule has 1 saturated heterocycles. The van der Waals surface area contributed by atoms with Gasteiger partial charge in [0.05, 0.1) is 12.8 Å². The van der Waals surface area contributed by atoms with Crippen molar-refractivity contribution in [2.24, 2.45) is 5.73 Å². The Hall–Kier alpha value is -3.65. The van der Waals surface area contributed by atoms with E-state index < -0.39 is 0 Å². The maximum atomic E-state index is 13.2. The predicted octanol–water partition coefficient (Wildman–Crippen LogP) is 3.02. The molecule has 0 atom stereocenters. The molecule has 1 aromatic carbocycles. The molecule has 4 N–H and O–H groups in total. The SMILES string of the molecule is COc1cccc(CNC(=O)c2cc3ccc(/C(C=N)=C/N)nc3n2CCN2CCCC2)c1. The standard InChI is InChI=1S/C25H30N6O2/c1-33-21-6-4-5-18(13-21)17-28-25(32)23-14-19-7-8-22(20(15-26)16-27)29-24(19)31(23)12-11-30-9-2-3-10-30/h4-8,13-16,26H,2-3,9-12,17,27H2,1H3,(H,28,32)/b20-16+,26-15?. The number of nitrogens with zero attached hydrogens (tertiary/aromatic N) is 3. The molecule has 2 aromatic heterocycles. The zero-order chi connectivity index (χ0) is 23.2. The van der Waals surface area contributed by atoms with E-state index >= 15 is 0 Å². The van der Waals surface area contributed by atoms with Gasteiger partial charge in [-0.2, -0.15) is 0 Å². The minimum Gasteiger partial charge on any atom is -0.497 e. The van der Waals surface area contributed by atoms with Crippen LogP contribution >= 0.6 is 0 Å². The highest BCUT2D eigenvalue weighted by Gasteiger charge is 2.19. The number of ether oxygens (including phenoxy) is 1. The summed E-state index contributed by atoms with van der Waals surface area (Å²) in [5, 5.41) is 11.5. The molecule has 0 radical (unpaired) electrons. The van der Waals surface area contributed by atoms with Gasteiger partial charge in [0.1, 0.15) is 17.1 Å². The number of amides is 1. The Kier molecular flexibility index (Phi) is 7.04. The van der Waals surface area contributed by atoms with Crippen LogP contribution < -0.4 is 15.8 Å². The summed E-state index contributed by atoms with van der Waals surface area (Å²) in [6, 6.07) is 13.3. The molecule has 8 heteroatoms.